The Bertz CT molecular complexity index is 1110. The van der Waals surface area contributed by atoms with Crippen molar-refractivity contribution in [2.45, 2.75) is 50.8 Å². The molecule has 2 aromatic carbocycles. The molecule has 38 heavy (non-hydrogen) atoms. The molecule has 2 aliphatic rings. The van der Waals surface area contributed by atoms with Gasteiger partial charge in [-0.05, 0) is 43.9 Å². The average Bonchev–Trinajstić information content (AvgIpc) is 2.79. The van der Waals surface area contributed by atoms with Crippen LogP contribution in [0.2, 0.25) is 5.02 Å². The van der Waals surface area contributed by atoms with Gasteiger partial charge in [-0.25, -0.2) is 0 Å². The summed E-state index contributed by atoms with van der Waals surface area (Å²) >= 11 is 6.77. The molecule has 0 aromatic heterocycles. The van der Waals surface area contributed by atoms with E-state index in [1.165, 1.54) is 7.11 Å². The third kappa shape index (κ3) is 7.24. The molecule has 11 heteroatoms. The maximum Gasteiger partial charge on any atom is 0.231 e. The van der Waals surface area contributed by atoms with Crippen molar-refractivity contribution < 1.29 is 55.9 Å². The molecule has 207 valence electrons. The molecule has 2 heterocycles. The second-order valence-corrected chi connectivity index (χ2v) is 9.33. The Morgan fingerprint density at radius 2 is 2.05 bits per heavy atom. The van der Waals surface area contributed by atoms with Crippen molar-refractivity contribution >= 4 is 29.1 Å². The number of ether oxygens (including phenoxy) is 2. The van der Waals surface area contributed by atoms with E-state index in [9.17, 15) is 9.59 Å². The van der Waals surface area contributed by atoms with E-state index in [0.717, 1.165) is 12.8 Å². The predicted octanol–water partition coefficient (Wildman–Crippen LogP) is 3.28. The summed E-state index contributed by atoms with van der Waals surface area (Å²) in [6, 6.07) is 13.2. The van der Waals surface area contributed by atoms with Gasteiger partial charge in [0.05, 0.1) is 35.9 Å². The van der Waals surface area contributed by atoms with Crippen LogP contribution < -0.4 is 15.4 Å². The Morgan fingerprint density at radius 3 is 2.68 bits per heavy atom. The van der Waals surface area contributed by atoms with Crippen molar-refractivity contribution in [1.29, 1.82) is 0 Å². The second-order valence-electron chi connectivity index (χ2n) is 8.95. The Kier molecular flexibility index (Phi) is 13.9. The maximum absolute atomic E-state index is 13.3. The molecule has 0 spiro atoms. The van der Waals surface area contributed by atoms with Crippen molar-refractivity contribution in [1.82, 2.24) is 10.2 Å². The van der Waals surface area contributed by atoms with Gasteiger partial charge in [0.1, 0.15) is 5.82 Å². The number of nitrogens with zero attached hydrogens (tertiary/aromatic N) is 1. The van der Waals surface area contributed by atoms with Crippen molar-refractivity contribution in [3.63, 3.8) is 0 Å². The molecule has 0 aliphatic carbocycles. The van der Waals surface area contributed by atoms with Gasteiger partial charge in [0.2, 0.25) is 11.8 Å². The second kappa shape index (κ2) is 14.8. The minimum Gasteiger partial charge on any atom is -0.521 e. The molecule has 0 unspecified atom stereocenters. The quantitative estimate of drug-likeness (QED) is 0.524. The summed E-state index contributed by atoms with van der Waals surface area (Å²) in [6.45, 7) is 8.71. The molecule has 1 radical (unpaired) electrons. The topological polar surface area (TPSA) is 143 Å². The van der Waals surface area contributed by atoms with Crippen molar-refractivity contribution in [2.75, 3.05) is 19.0 Å². The number of hydrogen-bond donors (Lipinski definition) is 2. The smallest absolute Gasteiger partial charge is 0.231 e. The monoisotopic (exact) mass is 578 g/mol. The number of carbonyl (C=O) groups is 2. The van der Waals surface area contributed by atoms with E-state index in [1.54, 1.807) is 35.2 Å². The molecule has 4 rings (SSSR count). The van der Waals surface area contributed by atoms with Gasteiger partial charge in [-0.15, -0.1) is 6.07 Å². The predicted molar refractivity (Wildman–Crippen MR) is 144 cm³/mol. The van der Waals surface area contributed by atoms with Gasteiger partial charge in [0, 0.05) is 44.2 Å². The van der Waals surface area contributed by atoms with E-state index < -0.39 is 5.54 Å². The van der Waals surface area contributed by atoms with Crippen LogP contribution >= 0.6 is 11.6 Å². The number of rotatable bonds is 5. The Hall–Kier alpha value is -2.24. The number of benzene rings is 2. The molecule has 6 N–H and O–H groups in total. The summed E-state index contributed by atoms with van der Waals surface area (Å²) < 4.78 is 10.9. The molecule has 2 saturated heterocycles. The molecule has 2 aromatic rings. The number of anilines is 1. The van der Waals surface area contributed by atoms with Crippen molar-refractivity contribution in [3.8, 4) is 5.75 Å². The fourth-order valence-corrected chi connectivity index (χ4v) is 5.15. The fraction of sp³-hybridized carbons (Fsp3) is 0.370. The summed E-state index contributed by atoms with van der Waals surface area (Å²) in [4.78, 5) is 27.9. The van der Waals surface area contributed by atoms with Crippen LogP contribution in [0.3, 0.4) is 0 Å². The van der Waals surface area contributed by atoms with Crippen LogP contribution in [0.15, 0.2) is 48.8 Å². The van der Waals surface area contributed by atoms with Crippen LogP contribution in [-0.2, 0) is 40.9 Å². The zero-order valence-electron chi connectivity index (χ0n) is 22.2. The van der Waals surface area contributed by atoms with E-state index in [1.807, 2.05) is 19.9 Å². The van der Waals surface area contributed by atoms with E-state index in [2.05, 4.69) is 23.3 Å². The zero-order valence-corrected chi connectivity index (χ0v) is 24.7. The summed E-state index contributed by atoms with van der Waals surface area (Å²) in [7, 11) is 1.50. The molecule has 0 saturated carbocycles. The van der Waals surface area contributed by atoms with Crippen molar-refractivity contribution in [2.24, 2.45) is 0 Å². The number of nitrogens with one attached hydrogen (secondary N) is 2. The molecule has 3 atom stereocenters. The van der Waals surface area contributed by atoms with Crippen LogP contribution in [0.1, 0.15) is 49.0 Å². The summed E-state index contributed by atoms with van der Waals surface area (Å²) in [5.74, 6) is 0.608. The number of carbonyl (C=O) groups excluding carboxylic acids is 2. The van der Waals surface area contributed by atoms with Gasteiger partial charge in [-0.2, -0.15) is 18.2 Å². The van der Waals surface area contributed by atoms with Crippen LogP contribution in [0.4, 0.5) is 5.69 Å². The van der Waals surface area contributed by atoms with Crippen LogP contribution in [0.5, 0.6) is 5.75 Å². The summed E-state index contributed by atoms with van der Waals surface area (Å²) in [6.07, 6.45) is 1.85. The average molecular weight is 579 g/mol. The minimum atomic E-state index is -0.780. The van der Waals surface area contributed by atoms with Crippen molar-refractivity contribution in [3.05, 3.63) is 78.4 Å². The fourth-order valence-electron chi connectivity index (χ4n) is 4.77. The number of amides is 2. The third-order valence-electron chi connectivity index (χ3n) is 6.44. The van der Waals surface area contributed by atoms with Gasteiger partial charge in [0.25, 0.3) is 0 Å². The minimum absolute atomic E-state index is 0. The molecule has 2 amide bonds. The summed E-state index contributed by atoms with van der Waals surface area (Å²) in [5, 5.41) is 6.64. The van der Waals surface area contributed by atoms with Gasteiger partial charge in [-0.1, -0.05) is 30.3 Å². The Morgan fingerprint density at radius 1 is 1.34 bits per heavy atom. The van der Waals surface area contributed by atoms with E-state index in [4.69, 9.17) is 21.1 Å². The molecular weight excluding hydrogens is 543 g/mol. The van der Waals surface area contributed by atoms with Crippen LogP contribution in [0.25, 0.3) is 0 Å². The van der Waals surface area contributed by atoms with Gasteiger partial charge >= 0.3 is 0 Å². The Balaban J connectivity index is 0.00000342. The zero-order chi connectivity index (χ0) is 24.5. The molecular formula is C27H36ClN3O6Sc-2. The maximum atomic E-state index is 13.3. The first-order valence-electron chi connectivity index (χ1n) is 11.3. The Labute approximate surface area is 248 Å². The van der Waals surface area contributed by atoms with Gasteiger partial charge in [-0.3, -0.25) is 14.5 Å². The standard InChI is InChI=1S/C26H29ClN3O4.CH3.2H2O.Sc/c1-16-14-18(12-13-34-16)30-17(2)29-26(3,15-23(30)31)20-9-7-10-21(24(20)27)28-25(32)19-8-5-6-11-22(19)33-4;;;;/h6-11,16,18,29H,2,12-15H2,1,3-4H3,(H,28,32);1H3;2*1H2;/q2*-1;;;/t16-,18-,26+;;;;/m1..../s1. The number of halogens is 1. The van der Waals surface area contributed by atoms with Crippen LogP contribution in [-0.4, -0.2) is 53.5 Å². The normalized spacial score (nSPS) is 22.4. The van der Waals surface area contributed by atoms with E-state index in [0.29, 0.717) is 40.0 Å². The first-order valence-corrected chi connectivity index (χ1v) is 11.7. The molecule has 2 aliphatic heterocycles. The van der Waals surface area contributed by atoms with Gasteiger partial charge < -0.3 is 38.5 Å². The first kappa shape index (κ1) is 35.8. The number of hydrogen-bond acceptors (Lipinski definition) is 5. The SMILES string of the molecule is C=C1N[C@](C)(c2cccc(NC(=O)c3c[c-]ccc3OC)c2Cl)CC(=O)N1[C@@H]1CCO[C@H](C)C1.O.O.[CH3-].[Sc]. The van der Waals surface area contributed by atoms with E-state index >= 15 is 0 Å². The summed E-state index contributed by atoms with van der Waals surface area (Å²) in [5.41, 5.74) is 0.709. The van der Waals surface area contributed by atoms with E-state index in [-0.39, 0.29) is 74.6 Å². The molecule has 0 bridgehead atoms. The van der Waals surface area contributed by atoms with Gasteiger partial charge in [0.15, 0.2) is 0 Å². The largest absolute Gasteiger partial charge is 0.521 e. The first-order chi connectivity index (χ1) is 16.2. The number of methoxy groups -OCH3 is 1. The molecule has 2 fully saturated rings. The third-order valence-corrected chi connectivity index (χ3v) is 6.84. The molecule has 9 nitrogen and oxygen atoms in total. The van der Waals surface area contributed by atoms with Crippen LogP contribution in [0, 0.1) is 13.5 Å².